The van der Waals surface area contributed by atoms with Gasteiger partial charge in [-0.25, -0.2) is 0 Å². The Balaban J connectivity index is 2.41. The van der Waals surface area contributed by atoms with Gasteiger partial charge in [-0.2, -0.15) is 0 Å². The van der Waals surface area contributed by atoms with Crippen LogP contribution in [0.3, 0.4) is 0 Å². The third-order valence-electron chi connectivity index (χ3n) is 1.60. The summed E-state index contributed by atoms with van der Waals surface area (Å²) in [6, 6.07) is 1.83. The summed E-state index contributed by atoms with van der Waals surface area (Å²) in [4.78, 5) is 4.82. The first kappa shape index (κ1) is 11.3. The van der Waals surface area contributed by atoms with Gasteiger partial charge in [0.1, 0.15) is 0 Å². The number of hydrogen-bond donors (Lipinski definition) is 2. The molecule has 1 heterocycles. The second-order valence-electron chi connectivity index (χ2n) is 2.83. The van der Waals surface area contributed by atoms with Gasteiger partial charge >= 0.3 is 0 Å². The Morgan fingerprint density at radius 1 is 1.71 bits per heavy atom. The van der Waals surface area contributed by atoms with Crippen molar-refractivity contribution in [2.45, 2.75) is 11.0 Å². The number of rotatable bonds is 5. The van der Waals surface area contributed by atoms with Gasteiger partial charge in [0.05, 0.1) is 24.6 Å². The standard InChI is InChI=1S/C9H14N2O2S/c1-13-5-7(12)6-14-9-2-3-11-4-8(9)10/h2-4,7,12H,5-6,10H2,1H3. The van der Waals surface area contributed by atoms with E-state index in [0.717, 1.165) is 4.90 Å². The van der Waals surface area contributed by atoms with E-state index in [1.165, 1.54) is 11.8 Å². The minimum atomic E-state index is -0.461. The molecule has 0 radical (unpaired) electrons. The molecule has 4 nitrogen and oxygen atoms in total. The van der Waals surface area contributed by atoms with Crippen molar-refractivity contribution < 1.29 is 9.84 Å². The molecule has 14 heavy (non-hydrogen) atoms. The van der Waals surface area contributed by atoms with Crippen molar-refractivity contribution in [3.05, 3.63) is 18.5 Å². The first-order chi connectivity index (χ1) is 6.74. The lowest BCUT2D eigenvalue weighted by Crippen LogP contribution is -2.16. The third kappa shape index (κ3) is 3.53. The Hall–Kier alpha value is -0.780. The number of nitrogens with zero attached hydrogens (tertiary/aromatic N) is 1. The van der Waals surface area contributed by atoms with E-state index in [2.05, 4.69) is 4.98 Å². The van der Waals surface area contributed by atoms with Gasteiger partial charge in [0.25, 0.3) is 0 Å². The van der Waals surface area contributed by atoms with Crippen LogP contribution in [0.4, 0.5) is 5.69 Å². The van der Waals surface area contributed by atoms with Crippen LogP contribution in [-0.2, 0) is 4.74 Å². The minimum Gasteiger partial charge on any atom is -0.397 e. The van der Waals surface area contributed by atoms with Crippen LogP contribution in [0, 0.1) is 0 Å². The number of aliphatic hydroxyl groups excluding tert-OH is 1. The first-order valence-corrected chi connectivity index (χ1v) is 5.22. The zero-order chi connectivity index (χ0) is 10.4. The monoisotopic (exact) mass is 214 g/mol. The van der Waals surface area contributed by atoms with E-state index in [0.29, 0.717) is 18.0 Å². The molecule has 5 heteroatoms. The number of thioether (sulfide) groups is 1. The van der Waals surface area contributed by atoms with E-state index < -0.39 is 6.10 Å². The van der Waals surface area contributed by atoms with Crippen LogP contribution in [0.1, 0.15) is 0 Å². The first-order valence-electron chi connectivity index (χ1n) is 4.23. The Labute approximate surface area is 87.5 Å². The molecule has 1 atom stereocenters. The average molecular weight is 214 g/mol. The van der Waals surface area contributed by atoms with Gasteiger partial charge in [0.15, 0.2) is 0 Å². The molecule has 1 aromatic rings. The van der Waals surface area contributed by atoms with E-state index >= 15 is 0 Å². The maximum Gasteiger partial charge on any atom is 0.0867 e. The zero-order valence-corrected chi connectivity index (χ0v) is 8.83. The zero-order valence-electron chi connectivity index (χ0n) is 8.01. The molecular formula is C9H14N2O2S. The predicted octanol–water partition coefficient (Wildman–Crippen LogP) is 0.763. The number of aliphatic hydroxyl groups is 1. The molecule has 0 aliphatic carbocycles. The van der Waals surface area contributed by atoms with Crippen LogP contribution in [-0.4, -0.2) is 35.7 Å². The molecule has 0 spiro atoms. The summed E-state index contributed by atoms with van der Waals surface area (Å²) >= 11 is 1.50. The molecule has 0 bridgehead atoms. The van der Waals surface area contributed by atoms with E-state index in [1.807, 2.05) is 6.07 Å². The Bertz CT molecular complexity index is 283. The number of methoxy groups -OCH3 is 1. The summed E-state index contributed by atoms with van der Waals surface area (Å²) < 4.78 is 4.82. The lowest BCUT2D eigenvalue weighted by Gasteiger charge is -2.09. The topological polar surface area (TPSA) is 68.4 Å². The van der Waals surface area contributed by atoms with Crippen molar-refractivity contribution in [2.24, 2.45) is 0 Å². The summed E-state index contributed by atoms with van der Waals surface area (Å²) in [5.74, 6) is 0.571. The maximum atomic E-state index is 9.40. The molecule has 3 N–H and O–H groups in total. The van der Waals surface area contributed by atoms with Crippen LogP contribution >= 0.6 is 11.8 Å². The molecule has 78 valence electrons. The van der Waals surface area contributed by atoms with Crippen molar-refractivity contribution >= 4 is 17.4 Å². The number of hydrogen-bond acceptors (Lipinski definition) is 5. The van der Waals surface area contributed by atoms with Crippen LogP contribution in [0.25, 0.3) is 0 Å². The number of pyridine rings is 1. The van der Waals surface area contributed by atoms with E-state index in [9.17, 15) is 5.11 Å². The largest absolute Gasteiger partial charge is 0.397 e. The van der Waals surface area contributed by atoms with Gasteiger partial charge in [-0.15, -0.1) is 11.8 Å². The van der Waals surface area contributed by atoms with Crippen LogP contribution in [0.15, 0.2) is 23.4 Å². The molecule has 0 aromatic carbocycles. The molecular weight excluding hydrogens is 200 g/mol. The average Bonchev–Trinajstić information content (AvgIpc) is 2.17. The molecule has 0 saturated carbocycles. The molecule has 0 aliphatic heterocycles. The smallest absolute Gasteiger partial charge is 0.0867 e. The lowest BCUT2D eigenvalue weighted by atomic mass is 10.4. The van der Waals surface area contributed by atoms with Gasteiger partial charge in [-0.1, -0.05) is 0 Å². The molecule has 0 saturated heterocycles. The van der Waals surface area contributed by atoms with E-state index in [1.54, 1.807) is 19.5 Å². The quantitative estimate of drug-likeness (QED) is 0.708. The maximum absolute atomic E-state index is 9.40. The third-order valence-corrected chi connectivity index (χ3v) is 2.83. The van der Waals surface area contributed by atoms with Crippen LogP contribution in [0.5, 0.6) is 0 Å². The number of anilines is 1. The van der Waals surface area contributed by atoms with Crippen molar-refractivity contribution in [1.82, 2.24) is 4.98 Å². The molecule has 1 aromatic heterocycles. The lowest BCUT2D eigenvalue weighted by molar-refractivity contribution is 0.0794. The van der Waals surface area contributed by atoms with Crippen molar-refractivity contribution in [3.63, 3.8) is 0 Å². The number of nitrogens with two attached hydrogens (primary N) is 1. The van der Waals surface area contributed by atoms with Gasteiger partial charge in [0.2, 0.25) is 0 Å². The summed E-state index contributed by atoms with van der Waals surface area (Å²) in [5.41, 5.74) is 6.33. The molecule has 1 rings (SSSR count). The van der Waals surface area contributed by atoms with Crippen molar-refractivity contribution in [3.8, 4) is 0 Å². The SMILES string of the molecule is COCC(O)CSc1ccncc1N. The Morgan fingerprint density at radius 3 is 3.14 bits per heavy atom. The van der Waals surface area contributed by atoms with Gasteiger partial charge in [-0.05, 0) is 6.07 Å². The summed E-state index contributed by atoms with van der Waals surface area (Å²) in [7, 11) is 1.56. The van der Waals surface area contributed by atoms with Gasteiger partial charge < -0.3 is 15.6 Å². The van der Waals surface area contributed by atoms with Crippen molar-refractivity contribution in [1.29, 1.82) is 0 Å². The highest BCUT2D eigenvalue weighted by Gasteiger charge is 2.05. The van der Waals surface area contributed by atoms with Crippen LogP contribution < -0.4 is 5.73 Å². The predicted molar refractivity (Wildman–Crippen MR) is 57.3 cm³/mol. The molecule has 0 amide bonds. The summed E-state index contributed by atoms with van der Waals surface area (Å²) in [5, 5.41) is 9.40. The molecule has 1 unspecified atom stereocenters. The molecule has 0 aliphatic rings. The highest BCUT2D eigenvalue weighted by molar-refractivity contribution is 7.99. The van der Waals surface area contributed by atoms with E-state index in [-0.39, 0.29) is 0 Å². The number of nitrogen functional groups attached to an aromatic ring is 1. The Kier molecular flexibility index (Phi) is 4.72. The number of aromatic nitrogens is 1. The van der Waals surface area contributed by atoms with Gasteiger partial charge in [-0.3, -0.25) is 4.98 Å². The number of ether oxygens (including phenoxy) is 1. The molecule has 0 fully saturated rings. The Morgan fingerprint density at radius 2 is 2.50 bits per heavy atom. The second kappa shape index (κ2) is 5.85. The minimum absolute atomic E-state index is 0.345. The summed E-state index contributed by atoms with van der Waals surface area (Å²) in [6.45, 7) is 0.345. The highest BCUT2D eigenvalue weighted by Crippen LogP contribution is 2.23. The second-order valence-corrected chi connectivity index (χ2v) is 3.90. The fourth-order valence-corrected chi connectivity index (χ4v) is 1.80. The fraction of sp³-hybridized carbons (Fsp3) is 0.444. The normalized spacial score (nSPS) is 12.7. The van der Waals surface area contributed by atoms with Crippen LogP contribution in [0.2, 0.25) is 0 Å². The fourth-order valence-electron chi connectivity index (χ4n) is 0.952. The highest BCUT2D eigenvalue weighted by atomic mass is 32.2. The van der Waals surface area contributed by atoms with Crippen molar-refractivity contribution in [2.75, 3.05) is 25.2 Å². The van der Waals surface area contributed by atoms with E-state index in [4.69, 9.17) is 10.5 Å². The summed E-state index contributed by atoms with van der Waals surface area (Å²) in [6.07, 6.45) is 2.82. The van der Waals surface area contributed by atoms with Gasteiger partial charge in [0, 0.05) is 24.0 Å².